The highest BCUT2D eigenvalue weighted by molar-refractivity contribution is 5.85. The van der Waals surface area contributed by atoms with Gasteiger partial charge in [0, 0.05) is 19.1 Å². The van der Waals surface area contributed by atoms with Crippen LogP contribution in [0.3, 0.4) is 0 Å². The van der Waals surface area contributed by atoms with Crippen molar-refractivity contribution in [3.8, 4) is 0 Å². The Morgan fingerprint density at radius 2 is 2.06 bits per heavy atom. The van der Waals surface area contributed by atoms with Crippen LogP contribution in [-0.4, -0.2) is 55.5 Å². The number of amides is 1. The van der Waals surface area contributed by atoms with Gasteiger partial charge >= 0.3 is 0 Å². The zero-order valence-corrected chi connectivity index (χ0v) is 10.9. The van der Waals surface area contributed by atoms with Crippen LogP contribution < -0.4 is 5.73 Å². The zero-order valence-electron chi connectivity index (χ0n) is 10.1. The van der Waals surface area contributed by atoms with Crippen LogP contribution >= 0.6 is 12.4 Å². The van der Waals surface area contributed by atoms with E-state index in [9.17, 15) is 4.79 Å². The molecule has 1 aliphatic heterocycles. The van der Waals surface area contributed by atoms with Crippen molar-refractivity contribution >= 4 is 18.3 Å². The molecule has 2 fully saturated rings. The Morgan fingerprint density at radius 1 is 1.38 bits per heavy atom. The highest BCUT2D eigenvalue weighted by atomic mass is 35.5. The van der Waals surface area contributed by atoms with Crippen LogP contribution in [0.5, 0.6) is 0 Å². The summed E-state index contributed by atoms with van der Waals surface area (Å²) < 4.78 is 0. The maximum Gasteiger partial charge on any atom is 0.236 e. The number of carbonyl (C=O) groups excluding carboxylic acids is 1. The Labute approximate surface area is 104 Å². The maximum atomic E-state index is 11.8. The first-order valence-corrected chi connectivity index (χ1v) is 5.76. The minimum atomic E-state index is 0. The first kappa shape index (κ1) is 13.7. The van der Waals surface area contributed by atoms with Gasteiger partial charge in [0.05, 0.1) is 6.54 Å². The molecule has 1 amide bonds. The monoisotopic (exact) mass is 247 g/mol. The zero-order chi connectivity index (χ0) is 11.0. The molecule has 3 atom stereocenters. The maximum absolute atomic E-state index is 11.8. The highest BCUT2D eigenvalue weighted by Crippen LogP contribution is 2.36. The molecule has 2 aliphatic rings. The van der Waals surface area contributed by atoms with E-state index in [2.05, 4.69) is 0 Å². The summed E-state index contributed by atoms with van der Waals surface area (Å²) in [7, 11) is 3.86. The van der Waals surface area contributed by atoms with Gasteiger partial charge in [-0.25, -0.2) is 0 Å². The molecule has 16 heavy (non-hydrogen) atoms. The summed E-state index contributed by atoms with van der Waals surface area (Å²) in [6.45, 7) is 2.35. The van der Waals surface area contributed by atoms with Gasteiger partial charge in [-0.3, -0.25) is 4.79 Å². The van der Waals surface area contributed by atoms with Gasteiger partial charge in [-0.1, -0.05) is 0 Å². The SMILES string of the molecule is CN(C)CC(=O)N1CC2CCC(N)C2C1.Cl. The Bertz CT molecular complexity index is 260. The number of fused-ring (bicyclic) bond motifs is 1. The molecule has 4 nitrogen and oxygen atoms in total. The van der Waals surface area contributed by atoms with Gasteiger partial charge in [0.15, 0.2) is 0 Å². The minimum Gasteiger partial charge on any atom is -0.341 e. The van der Waals surface area contributed by atoms with Crippen molar-refractivity contribution in [3.05, 3.63) is 0 Å². The highest BCUT2D eigenvalue weighted by Gasteiger charge is 2.42. The first-order valence-electron chi connectivity index (χ1n) is 5.76. The van der Waals surface area contributed by atoms with Crippen molar-refractivity contribution in [3.63, 3.8) is 0 Å². The lowest BCUT2D eigenvalue weighted by molar-refractivity contribution is -0.131. The third kappa shape index (κ3) is 2.67. The summed E-state index contributed by atoms with van der Waals surface area (Å²) >= 11 is 0. The van der Waals surface area contributed by atoms with Crippen molar-refractivity contribution in [1.29, 1.82) is 0 Å². The normalized spacial score (nSPS) is 32.8. The van der Waals surface area contributed by atoms with E-state index in [-0.39, 0.29) is 18.3 Å². The van der Waals surface area contributed by atoms with E-state index in [1.54, 1.807) is 0 Å². The first-order chi connectivity index (χ1) is 7.08. The molecule has 0 aromatic rings. The fraction of sp³-hybridized carbons (Fsp3) is 0.909. The van der Waals surface area contributed by atoms with Crippen molar-refractivity contribution in [2.45, 2.75) is 18.9 Å². The van der Waals surface area contributed by atoms with Gasteiger partial charge in [-0.2, -0.15) is 0 Å². The predicted molar refractivity (Wildman–Crippen MR) is 66.6 cm³/mol. The fourth-order valence-corrected chi connectivity index (χ4v) is 2.88. The average molecular weight is 248 g/mol. The van der Waals surface area contributed by atoms with Crippen molar-refractivity contribution < 1.29 is 4.79 Å². The summed E-state index contributed by atoms with van der Waals surface area (Å²) in [5.74, 6) is 1.49. The van der Waals surface area contributed by atoms with E-state index in [0.29, 0.717) is 24.4 Å². The molecule has 1 heterocycles. The van der Waals surface area contributed by atoms with E-state index in [1.165, 1.54) is 6.42 Å². The van der Waals surface area contributed by atoms with Crippen LogP contribution in [-0.2, 0) is 4.79 Å². The topological polar surface area (TPSA) is 49.6 Å². The molecule has 3 unspecified atom stereocenters. The number of carbonyl (C=O) groups is 1. The minimum absolute atomic E-state index is 0. The lowest BCUT2D eigenvalue weighted by atomic mass is 9.98. The van der Waals surface area contributed by atoms with E-state index in [1.807, 2.05) is 23.9 Å². The van der Waals surface area contributed by atoms with Crippen LogP contribution in [0.4, 0.5) is 0 Å². The van der Waals surface area contributed by atoms with Crippen molar-refractivity contribution in [2.24, 2.45) is 17.6 Å². The Morgan fingerprint density at radius 3 is 2.62 bits per heavy atom. The van der Waals surface area contributed by atoms with E-state index in [4.69, 9.17) is 5.73 Å². The van der Waals surface area contributed by atoms with Crippen LogP contribution in [0.15, 0.2) is 0 Å². The standard InChI is InChI=1S/C11H21N3O.ClH/c1-13(2)7-11(15)14-5-8-3-4-10(12)9(8)6-14;/h8-10H,3-7,12H2,1-2H3;1H. The summed E-state index contributed by atoms with van der Waals surface area (Å²) in [6.07, 6.45) is 2.35. The number of hydrogen-bond acceptors (Lipinski definition) is 3. The molecule has 0 bridgehead atoms. The smallest absolute Gasteiger partial charge is 0.236 e. The van der Waals surface area contributed by atoms with E-state index in [0.717, 1.165) is 19.5 Å². The average Bonchev–Trinajstić information content (AvgIpc) is 2.67. The Balaban J connectivity index is 0.00000128. The quantitative estimate of drug-likeness (QED) is 0.757. The summed E-state index contributed by atoms with van der Waals surface area (Å²) in [4.78, 5) is 15.8. The lowest BCUT2D eigenvalue weighted by Gasteiger charge is -2.20. The van der Waals surface area contributed by atoms with Gasteiger partial charge in [-0.05, 0) is 38.8 Å². The van der Waals surface area contributed by atoms with Crippen molar-refractivity contribution in [1.82, 2.24) is 9.80 Å². The van der Waals surface area contributed by atoms with Crippen LogP contribution in [0.1, 0.15) is 12.8 Å². The second-order valence-corrected chi connectivity index (χ2v) is 5.20. The predicted octanol–water partition coefficient (Wildman–Crippen LogP) is 0.166. The molecule has 0 spiro atoms. The molecule has 2 N–H and O–H groups in total. The Kier molecular flexibility index (Phi) is 4.59. The van der Waals surface area contributed by atoms with Crippen LogP contribution in [0.2, 0.25) is 0 Å². The molecule has 1 saturated carbocycles. The number of halogens is 1. The number of likely N-dealkylation sites (N-methyl/N-ethyl adjacent to an activating group) is 1. The third-order valence-electron chi connectivity index (χ3n) is 3.72. The molecule has 2 rings (SSSR count). The summed E-state index contributed by atoms with van der Waals surface area (Å²) in [6, 6.07) is 0.326. The number of nitrogens with zero attached hydrogens (tertiary/aromatic N) is 2. The van der Waals surface area contributed by atoms with Gasteiger partial charge in [-0.15, -0.1) is 12.4 Å². The number of nitrogens with two attached hydrogens (primary N) is 1. The Hall–Kier alpha value is -0.320. The molecule has 1 saturated heterocycles. The van der Waals surface area contributed by atoms with Gasteiger partial charge in [0.25, 0.3) is 0 Å². The molecule has 0 aromatic carbocycles. The molecule has 1 aliphatic carbocycles. The van der Waals surface area contributed by atoms with Gasteiger partial charge in [0.1, 0.15) is 0 Å². The lowest BCUT2D eigenvalue weighted by Crippen LogP contribution is -2.38. The second-order valence-electron chi connectivity index (χ2n) is 5.20. The van der Waals surface area contributed by atoms with Gasteiger partial charge in [0.2, 0.25) is 5.91 Å². The number of rotatable bonds is 2. The molecule has 5 heteroatoms. The largest absolute Gasteiger partial charge is 0.341 e. The number of hydrogen-bond donors (Lipinski definition) is 1. The van der Waals surface area contributed by atoms with Gasteiger partial charge < -0.3 is 15.5 Å². The third-order valence-corrected chi connectivity index (χ3v) is 3.72. The molecular formula is C11H22ClN3O. The van der Waals surface area contributed by atoms with Crippen LogP contribution in [0, 0.1) is 11.8 Å². The van der Waals surface area contributed by atoms with Crippen molar-refractivity contribution in [2.75, 3.05) is 33.7 Å². The second kappa shape index (κ2) is 5.34. The molecular weight excluding hydrogens is 226 g/mol. The number of likely N-dealkylation sites (tertiary alicyclic amines) is 1. The van der Waals surface area contributed by atoms with E-state index >= 15 is 0 Å². The molecule has 0 aromatic heterocycles. The van der Waals surface area contributed by atoms with Crippen LogP contribution in [0.25, 0.3) is 0 Å². The van der Waals surface area contributed by atoms with E-state index < -0.39 is 0 Å². The summed E-state index contributed by atoms with van der Waals surface area (Å²) in [5, 5.41) is 0. The summed E-state index contributed by atoms with van der Waals surface area (Å²) in [5.41, 5.74) is 6.04. The molecule has 0 radical (unpaired) electrons. The fourth-order valence-electron chi connectivity index (χ4n) is 2.88. The molecule has 94 valence electrons.